The molecule has 0 radical (unpaired) electrons. The van der Waals surface area contributed by atoms with Crippen molar-refractivity contribution in [1.29, 1.82) is 0 Å². The predicted molar refractivity (Wildman–Crippen MR) is 99.1 cm³/mol. The Morgan fingerprint density at radius 1 is 1.12 bits per heavy atom. The molecule has 1 fully saturated rings. The maximum atomic E-state index is 10.9. The summed E-state index contributed by atoms with van der Waals surface area (Å²) in [5.41, 5.74) is 0.698. The molecule has 1 aromatic carbocycles. The van der Waals surface area contributed by atoms with Crippen molar-refractivity contribution in [3.63, 3.8) is 0 Å². The van der Waals surface area contributed by atoms with Gasteiger partial charge in [0.05, 0.1) is 12.1 Å². The second kappa shape index (κ2) is 7.67. The summed E-state index contributed by atoms with van der Waals surface area (Å²) in [5, 5.41) is 19.6. The molecule has 5 nitrogen and oxygen atoms in total. The van der Waals surface area contributed by atoms with Crippen LogP contribution in [0.1, 0.15) is 62.7 Å². The molecular formula is C20H30N4O. The third-order valence-corrected chi connectivity index (χ3v) is 5.18. The fourth-order valence-corrected chi connectivity index (χ4v) is 3.83. The molecule has 1 N–H and O–H groups in total. The van der Waals surface area contributed by atoms with Crippen LogP contribution in [0, 0.1) is 0 Å². The Kier molecular flexibility index (Phi) is 5.54. The smallest absolute Gasteiger partial charge is 0.146 e. The zero-order valence-corrected chi connectivity index (χ0v) is 15.6. The molecule has 1 heterocycles. The van der Waals surface area contributed by atoms with E-state index in [0.717, 1.165) is 43.9 Å². The van der Waals surface area contributed by atoms with Gasteiger partial charge in [-0.25, -0.2) is 0 Å². The van der Waals surface area contributed by atoms with Crippen LogP contribution < -0.4 is 0 Å². The second-order valence-electron chi connectivity index (χ2n) is 7.75. The van der Waals surface area contributed by atoms with Crippen molar-refractivity contribution in [3.8, 4) is 0 Å². The lowest BCUT2D eigenvalue weighted by Gasteiger charge is -2.31. The summed E-state index contributed by atoms with van der Waals surface area (Å²) in [5.74, 6) is 2.32. The molecule has 0 unspecified atom stereocenters. The molecule has 25 heavy (non-hydrogen) atoms. The van der Waals surface area contributed by atoms with E-state index in [2.05, 4.69) is 57.8 Å². The van der Waals surface area contributed by atoms with Crippen molar-refractivity contribution >= 4 is 0 Å². The number of nitrogens with zero attached hydrogens (tertiary/aromatic N) is 4. The van der Waals surface area contributed by atoms with E-state index in [0.29, 0.717) is 19.0 Å². The zero-order chi connectivity index (χ0) is 17.9. The van der Waals surface area contributed by atoms with Crippen LogP contribution in [0.15, 0.2) is 30.3 Å². The molecule has 0 atom stereocenters. The Bertz CT molecular complexity index is 674. The van der Waals surface area contributed by atoms with Crippen LogP contribution in [0.4, 0.5) is 0 Å². The minimum absolute atomic E-state index is 0.354. The Morgan fingerprint density at radius 3 is 2.40 bits per heavy atom. The molecule has 2 aromatic rings. The van der Waals surface area contributed by atoms with Crippen LogP contribution in [0.2, 0.25) is 0 Å². The van der Waals surface area contributed by atoms with Gasteiger partial charge in [0.1, 0.15) is 11.6 Å². The summed E-state index contributed by atoms with van der Waals surface area (Å²) < 4.78 is 2.10. The second-order valence-corrected chi connectivity index (χ2v) is 7.75. The highest BCUT2D eigenvalue weighted by molar-refractivity contribution is 5.15. The van der Waals surface area contributed by atoms with Crippen LogP contribution in [-0.4, -0.2) is 36.9 Å². The van der Waals surface area contributed by atoms with Gasteiger partial charge in [0.15, 0.2) is 0 Å². The monoisotopic (exact) mass is 342 g/mol. The first kappa shape index (κ1) is 18.1. The van der Waals surface area contributed by atoms with Crippen LogP contribution in [0.3, 0.4) is 0 Å². The molecule has 0 amide bonds. The van der Waals surface area contributed by atoms with E-state index in [-0.39, 0.29) is 0 Å². The average molecular weight is 342 g/mol. The van der Waals surface area contributed by atoms with E-state index in [4.69, 9.17) is 0 Å². The molecular weight excluding hydrogens is 312 g/mol. The average Bonchev–Trinajstić information content (AvgIpc) is 3.15. The number of aromatic nitrogens is 3. The highest BCUT2D eigenvalue weighted by atomic mass is 16.3. The first-order valence-corrected chi connectivity index (χ1v) is 9.34. The molecule has 1 aliphatic rings. The van der Waals surface area contributed by atoms with E-state index in [1.165, 1.54) is 5.56 Å². The molecule has 1 saturated carbocycles. The fourth-order valence-electron chi connectivity index (χ4n) is 3.83. The highest BCUT2D eigenvalue weighted by Gasteiger charge is 2.33. The van der Waals surface area contributed by atoms with Gasteiger partial charge in [0.2, 0.25) is 0 Å². The Hall–Kier alpha value is -1.72. The number of hydrogen-bond acceptors (Lipinski definition) is 4. The predicted octanol–water partition coefficient (Wildman–Crippen LogP) is 3.25. The van der Waals surface area contributed by atoms with Crippen molar-refractivity contribution in [2.24, 2.45) is 7.05 Å². The van der Waals surface area contributed by atoms with Crippen LogP contribution in [0.5, 0.6) is 0 Å². The van der Waals surface area contributed by atoms with Crippen LogP contribution in [-0.2, 0) is 20.1 Å². The lowest BCUT2D eigenvalue weighted by atomic mass is 10.0. The van der Waals surface area contributed by atoms with Gasteiger partial charge in [-0.05, 0) is 18.4 Å². The van der Waals surface area contributed by atoms with Gasteiger partial charge in [-0.1, -0.05) is 57.0 Å². The van der Waals surface area contributed by atoms with Gasteiger partial charge >= 0.3 is 0 Å². The van der Waals surface area contributed by atoms with E-state index >= 15 is 0 Å². The number of hydrogen-bond donors (Lipinski definition) is 1. The van der Waals surface area contributed by atoms with Crippen molar-refractivity contribution in [1.82, 2.24) is 19.7 Å². The molecule has 3 rings (SSSR count). The minimum Gasteiger partial charge on any atom is -0.389 e. The molecule has 0 bridgehead atoms. The molecule has 136 valence electrons. The van der Waals surface area contributed by atoms with Gasteiger partial charge in [0.25, 0.3) is 0 Å². The summed E-state index contributed by atoms with van der Waals surface area (Å²) in [4.78, 5) is 2.31. The van der Waals surface area contributed by atoms with Gasteiger partial charge in [-0.3, -0.25) is 4.90 Å². The first-order valence-electron chi connectivity index (χ1n) is 9.34. The molecule has 5 heteroatoms. The topological polar surface area (TPSA) is 54.2 Å². The van der Waals surface area contributed by atoms with Gasteiger partial charge in [0, 0.05) is 26.1 Å². The Balaban J connectivity index is 1.78. The van der Waals surface area contributed by atoms with E-state index in [1.807, 2.05) is 13.1 Å². The van der Waals surface area contributed by atoms with E-state index < -0.39 is 5.60 Å². The largest absolute Gasteiger partial charge is 0.389 e. The summed E-state index contributed by atoms with van der Waals surface area (Å²) in [6.45, 7) is 6.47. The van der Waals surface area contributed by atoms with Crippen LogP contribution >= 0.6 is 0 Å². The third-order valence-electron chi connectivity index (χ3n) is 5.18. The highest BCUT2D eigenvalue weighted by Crippen LogP contribution is 2.31. The van der Waals surface area contributed by atoms with Gasteiger partial charge in [-0.2, -0.15) is 0 Å². The Morgan fingerprint density at radius 2 is 1.80 bits per heavy atom. The first-order chi connectivity index (χ1) is 12.0. The molecule has 1 aromatic heterocycles. The number of aliphatic hydroxyl groups is 1. The summed E-state index contributed by atoms with van der Waals surface area (Å²) >= 11 is 0. The minimum atomic E-state index is -0.561. The van der Waals surface area contributed by atoms with Gasteiger partial charge in [-0.15, -0.1) is 10.2 Å². The SMILES string of the molecule is CC(C)c1nnc(CN(Cc2ccccc2)CC2(O)CCCC2)n1C. The van der Waals surface area contributed by atoms with Gasteiger partial charge < -0.3 is 9.67 Å². The lowest BCUT2D eigenvalue weighted by Crippen LogP contribution is -2.40. The fraction of sp³-hybridized carbons (Fsp3) is 0.600. The maximum Gasteiger partial charge on any atom is 0.146 e. The molecule has 0 spiro atoms. The van der Waals surface area contributed by atoms with Crippen molar-refractivity contribution in [2.45, 2.75) is 64.1 Å². The number of rotatable bonds is 7. The standard InChI is InChI=1S/C20H30N4O/c1-16(2)19-22-21-18(23(19)3)14-24(13-17-9-5-4-6-10-17)15-20(25)11-7-8-12-20/h4-6,9-10,16,25H,7-8,11-15H2,1-3H3. The zero-order valence-electron chi connectivity index (χ0n) is 15.6. The van der Waals surface area contributed by atoms with E-state index in [1.54, 1.807) is 0 Å². The quantitative estimate of drug-likeness (QED) is 0.839. The summed E-state index contributed by atoms with van der Waals surface area (Å²) in [7, 11) is 2.04. The maximum absolute atomic E-state index is 10.9. The van der Waals surface area contributed by atoms with E-state index in [9.17, 15) is 5.11 Å². The van der Waals surface area contributed by atoms with Crippen LogP contribution in [0.25, 0.3) is 0 Å². The van der Waals surface area contributed by atoms with Crippen molar-refractivity contribution in [3.05, 3.63) is 47.5 Å². The molecule has 0 saturated heterocycles. The summed E-state index contributed by atoms with van der Waals surface area (Å²) in [6.07, 6.45) is 4.04. The normalized spacial score (nSPS) is 16.9. The number of benzene rings is 1. The van der Waals surface area contributed by atoms with Crippen molar-refractivity contribution in [2.75, 3.05) is 6.54 Å². The van der Waals surface area contributed by atoms with Crippen molar-refractivity contribution < 1.29 is 5.11 Å². The molecule has 0 aliphatic heterocycles. The third kappa shape index (κ3) is 4.47. The molecule has 1 aliphatic carbocycles. The Labute approximate surface area is 150 Å². The summed E-state index contributed by atoms with van der Waals surface area (Å²) in [6, 6.07) is 10.5. The lowest BCUT2D eigenvalue weighted by molar-refractivity contribution is 0.00359.